The molecule has 0 bridgehead atoms. The molecule has 2 aliphatic rings. The van der Waals surface area contributed by atoms with Crippen LogP contribution in [0.2, 0.25) is 0 Å². The van der Waals surface area contributed by atoms with Crippen molar-refractivity contribution < 1.29 is 9.59 Å². The van der Waals surface area contributed by atoms with E-state index in [4.69, 9.17) is 0 Å². The Labute approximate surface area is 201 Å². The first-order chi connectivity index (χ1) is 15.9. The molecule has 0 aliphatic carbocycles. The van der Waals surface area contributed by atoms with Crippen LogP contribution in [0.15, 0.2) is 30.3 Å². The molecule has 2 fully saturated rings. The first kappa shape index (κ1) is 25.7. The third-order valence-corrected chi connectivity index (χ3v) is 7.67. The van der Waals surface area contributed by atoms with Crippen LogP contribution in [0.4, 0.5) is 0 Å². The number of nitrogens with zero attached hydrogens (tertiary/aromatic N) is 2. The number of amides is 2. The minimum absolute atomic E-state index is 0.0820. The third kappa shape index (κ3) is 6.59. The molecule has 1 aromatic carbocycles. The van der Waals surface area contributed by atoms with Crippen LogP contribution in [0.3, 0.4) is 0 Å². The fourth-order valence-electron chi connectivity index (χ4n) is 5.34. The van der Waals surface area contributed by atoms with Crippen molar-refractivity contribution in [3.63, 3.8) is 0 Å². The van der Waals surface area contributed by atoms with E-state index in [1.54, 1.807) is 0 Å². The Kier molecular flexibility index (Phi) is 9.37. The van der Waals surface area contributed by atoms with Gasteiger partial charge in [0.25, 0.3) is 0 Å². The van der Waals surface area contributed by atoms with Gasteiger partial charge in [-0.2, -0.15) is 0 Å². The summed E-state index contributed by atoms with van der Waals surface area (Å²) in [6.07, 6.45) is 8.02. The average Bonchev–Trinajstić information content (AvgIpc) is 2.81. The Morgan fingerprint density at radius 3 is 2.36 bits per heavy atom. The van der Waals surface area contributed by atoms with Crippen molar-refractivity contribution in [3.05, 3.63) is 35.9 Å². The second-order valence-corrected chi connectivity index (χ2v) is 10.8. The van der Waals surface area contributed by atoms with E-state index < -0.39 is 5.54 Å². The van der Waals surface area contributed by atoms with Crippen LogP contribution in [0.25, 0.3) is 0 Å². The maximum Gasteiger partial charge on any atom is 0.246 e. The smallest absolute Gasteiger partial charge is 0.246 e. The van der Waals surface area contributed by atoms with Crippen LogP contribution < -0.4 is 5.32 Å². The molecular weight excluding hydrogens is 410 g/mol. The highest BCUT2D eigenvalue weighted by atomic mass is 16.2. The van der Waals surface area contributed by atoms with Gasteiger partial charge in [0, 0.05) is 19.6 Å². The van der Waals surface area contributed by atoms with Gasteiger partial charge in [0.05, 0.1) is 0 Å². The van der Waals surface area contributed by atoms with E-state index >= 15 is 0 Å². The molecule has 184 valence electrons. The minimum Gasteiger partial charge on any atom is -0.342 e. The van der Waals surface area contributed by atoms with Crippen LogP contribution in [-0.2, 0) is 16.0 Å². The number of piperidine rings is 1. The molecule has 1 unspecified atom stereocenters. The summed E-state index contributed by atoms with van der Waals surface area (Å²) >= 11 is 0. The molecule has 2 atom stereocenters. The number of benzene rings is 1. The normalized spacial score (nSPS) is 22.1. The van der Waals surface area contributed by atoms with Crippen LogP contribution >= 0.6 is 0 Å². The van der Waals surface area contributed by atoms with E-state index in [1.807, 2.05) is 4.90 Å². The summed E-state index contributed by atoms with van der Waals surface area (Å²) in [7, 11) is 0. The maximum absolute atomic E-state index is 13.5. The lowest BCUT2D eigenvalue weighted by atomic mass is 9.80. The molecule has 1 N–H and O–H groups in total. The fraction of sp³-hybridized carbons (Fsp3) is 0.714. The van der Waals surface area contributed by atoms with Crippen molar-refractivity contribution >= 4 is 11.8 Å². The van der Waals surface area contributed by atoms with Gasteiger partial charge >= 0.3 is 0 Å². The van der Waals surface area contributed by atoms with Crippen molar-refractivity contribution in [3.8, 4) is 0 Å². The standard InChI is InChI=1S/C28H45N3O2/c1-5-23(4)21-31-26(32)25(20-22(2)3)29-27(33)28(31)15-18-30(19-16-28)17-11-7-10-14-24-12-8-6-9-13-24/h6,8-9,12-13,22-23,25H,5,7,10-11,14-21H2,1-4H3,(H,29,33)/t23?,25-/m0/s1. The second-order valence-electron chi connectivity index (χ2n) is 10.8. The molecule has 1 spiro atoms. The summed E-state index contributed by atoms with van der Waals surface area (Å²) in [5.41, 5.74) is 0.764. The SMILES string of the molecule is CCC(C)CN1C(=O)[C@H](CC(C)C)NC(=O)C12CCN(CCCCCc1ccccc1)CC2. The number of rotatable bonds is 11. The predicted octanol–water partition coefficient (Wildman–Crippen LogP) is 4.65. The molecule has 0 aromatic heterocycles. The Balaban J connectivity index is 1.54. The zero-order chi connectivity index (χ0) is 23.8. The van der Waals surface area contributed by atoms with Crippen molar-refractivity contribution in [1.82, 2.24) is 15.1 Å². The Morgan fingerprint density at radius 2 is 1.73 bits per heavy atom. The number of aryl methyl sites for hydroxylation is 1. The van der Waals surface area contributed by atoms with E-state index in [2.05, 4.69) is 68.2 Å². The van der Waals surface area contributed by atoms with Gasteiger partial charge in [0.1, 0.15) is 11.6 Å². The van der Waals surface area contributed by atoms with Gasteiger partial charge in [-0.1, -0.05) is 70.9 Å². The monoisotopic (exact) mass is 455 g/mol. The largest absolute Gasteiger partial charge is 0.342 e. The molecule has 2 saturated heterocycles. The van der Waals surface area contributed by atoms with E-state index in [-0.39, 0.29) is 17.9 Å². The molecule has 33 heavy (non-hydrogen) atoms. The maximum atomic E-state index is 13.5. The van der Waals surface area contributed by atoms with Crippen molar-refractivity contribution in [2.75, 3.05) is 26.2 Å². The first-order valence-corrected chi connectivity index (χ1v) is 13.2. The summed E-state index contributed by atoms with van der Waals surface area (Å²) < 4.78 is 0. The number of likely N-dealkylation sites (tertiary alicyclic amines) is 1. The second kappa shape index (κ2) is 12.0. The average molecular weight is 456 g/mol. The van der Waals surface area contributed by atoms with Crippen LogP contribution in [-0.4, -0.2) is 59.4 Å². The molecule has 3 rings (SSSR count). The molecular formula is C28H45N3O2. The lowest BCUT2D eigenvalue weighted by molar-refractivity contribution is -0.162. The highest BCUT2D eigenvalue weighted by molar-refractivity contribution is 6.00. The zero-order valence-corrected chi connectivity index (χ0v) is 21.3. The van der Waals surface area contributed by atoms with Gasteiger partial charge in [-0.15, -0.1) is 0 Å². The summed E-state index contributed by atoms with van der Waals surface area (Å²) in [4.78, 5) is 31.4. The number of unbranched alkanes of at least 4 members (excludes halogenated alkanes) is 2. The topological polar surface area (TPSA) is 52.7 Å². The van der Waals surface area contributed by atoms with Gasteiger partial charge in [0.15, 0.2) is 0 Å². The third-order valence-electron chi connectivity index (χ3n) is 7.67. The van der Waals surface area contributed by atoms with E-state index in [0.717, 1.165) is 45.3 Å². The molecule has 0 saturated carbocycles. The summed E-state index contributed by atoms with van der Waals surface area (Å²) in [6.45, 7) is 12.1. The van der Waals surface area contributed by atoms with E-state index in [1.165, 1.54) is 24.8 Å². The Morgan fingerprint density at radius 1 is 1.03 bits per heavy atom. The van der Waals surface area contributed by atoms with E-state index in [9.17, 15) is 9.59 Å². The minimum atomic E-state index is -0.655. The number of hydrogen-bond donors (Lipinski definition) is 1. The number of carbonyl (C=O) groups excluding carboxylic acids is 2. The highest BCUT2D eigenvalue weighted by Crippen LogP contribution is 2.35. The summed E-state index contributed by atoms with van der Waals surface area (Å²) in [5, 5.41) is 3.12. The van der Waals surface area contributed by atoms with E-state index in [0.29, 0.717) is 24.8 Å². The van der Waals surface area contributed by atoms with Gasteiger partial charge < -0.3 is 15.1 Å². The van der Waals surface area contributed by atoms with Gasteiger partial charge in [0.2, 0.25) is 11.8 Å². The zero-order valence-electron chi connectivity index (χ0n) is 21.3. The van der Waals surface area contributed by atoms with Crippen molar-refractivity contribution in [1.29, 1.82) is 0 Å². The molecule has 5 heteroatoms. The van der Waals surface area contributed by atoms with Crippen LogP contribution in [0.1, 0.15) is 78.2 Å². The number of carbonyl (C=O) groups is 2. The van der Waals surface area contributed by atoms with Gasteiger partial charge in [-0.3, -0.25) is 9.59 Å². The Bertz CT molecular complexity index is 756. The first-order valence-electron chi connectivity index (χ1n) is 13.2. The van der Waals surface area contributed by atoms with Crippen LogP contribution in [0.5, 0.6) is 0 Å². The summed E-state index contributed by atoms with van der Waals surface area (Å²) in [6, 6.07) is 10.3. The molecule has 1 aromatic rings. The molecule has 2 aliphatic heterocycles. The Hall–Kier alpha value is -1.88. The van der Waals surface area contributed by atoms with Crippen molar-refractivity contribution in [2.45, 2.75) is 90.6 Å². The van der Waals surface area contributed by atoms with Crippen LogP contribution in [0, 0.1) is 11.8 Å². The molecule has 0 radical (unpaired) electrons. The molecule has 2 heterocycles. The molecule has 5 nitrogen and oxygen atoms in total. The predicted molar refractivity (Wildman–Crippen MR) is 135 cm³/mol. The lowest BCUT2D eigenvalue weighted by Crippen LogP contribution is -2.73. The lowest BCUT2D eigenvalue weighted by Gasteiger charge is -2.52. The fourth-order valence-corrected chi connectivity index (χ4v) is 5.34. The van der Waals surface area contributed by atoms with Crippen molar-refractivity contribution in [2.24, 2.45) is 11.8 Å². The number of nitrogens with one attached hydrogen (secondary N) is 1. The number of piperazine rings is 1. The highest BCUT2D eigenvalue weighted by Gasteiger charge is 2.53. The van der Waals surface area contributed by atoms with Gasteiger partial charge in [-0.05, 0) is 62.5 Å². The summed E-state index contributed by atoms with van der Waals surface area (Å²) in [5.74, 6) is 0.998. The quantitative estimate of drug-likeness (QED) is 0.494. The van der Waals surface area contributed by atoms with Gasteiger partial charge in [-0.25, -0.2) is 0 Å². The number of hydrogen-bond acceptors (Lipinski definition) is 3. The molecule has 2 amide bonds.